The van der Waals surface area contributed by atoms with Crippen molar-refractivity contribution in [3.8, 4) is 0 Å². The van der Waals surface area contributed by atoms with Crippen LogP contribution >= 0.6 is 0 Å². The van der Waals surface area contributed by atoms with Crippen molar-refractivity contribution in [3.05, 3.63) is 0 Å². The zero-order valence-corrected chi connectivity index (χ0v) is 9.62. The van der Waals surface area contributed by atoms with Gasteiger partial charge in [-0.3, -0.25) is 9.59 Å². The standard InChI is InChI=1S/C10H20N2O3/c1-4-5-12(7-10(14)15)9(13)6-11-8(2)3/h8,11H,4-7H2,1-3H3,(H,14,15). The van der Waals surface area contributed by atoms with Crippen LogP contribution in [0.3, 0.4) is 0 Å². The van der Waals surface area contributed by atoms with E-state index in [1.165, 1.54) is 4.90 Å². The molecule has 0 bridgehead atoms. The Kier molecular flexibility index (Phi) is 6.70. The van der Waals surface area contributed by atoms with E-state index >= 15 is 0 Å². The Morgan fingerprint density at radius 1 is 1.40 bits per heavy atom. The van der Waals surface area contributed by atoms with Crippen LogP contribution in [0.5, 0.6) is 0 Å². The number of hydrogen-bond acceptors (Lipinski definition) is 3. The van der Waals surface area contributed by atoms with Crippen molar-refractivity contribution < 1.29 is 14.7 Å². The number of rotatable bonds is 7. The van der Waals surface area contributed by atoms with Crippen molar-refractivity contribution in [2.45, 2.75) is 33.2 Å². The van der Waals surface area contributed by atoms with Crippen LogP contribution in [0.15, 0.2) is 0 Å². The summed E-state index contributed by atoms with van der Waals surface area (Å²) in [5.74, 6) is -1.13. The van der Waals surface area contributed by atoms with Gasteiger partial charge in [0.25, 0.3) is 0 Å². The summed E-state index contributed by atoms with van der Waals surface area (Å²) in [5.41, 5.74) is 0. The van der Waals surface area contributed by atoms with Crippen LogP contribution in [-0.2, 0) is 9.59 Å². The summed E-state index contributed by atoms with van der Waals surface area (Å²) < 4.78 is 0. The zero-order valence-electron chi connectivity index (χ0n) is 9.62. The van der Waals surface area contributed by atoms with E-state index in [0.29, 0.717) is 6.54 Å². The Bertz CT molecular complexity index is 217. The second-order valence-corrected chi connectivity index (χ2v) is 3.74. The van der Waals surface area contributed by atoms with Crippen LogP contribution < -0.4 is 5.32 Å². The lowest BCUT2D eigenvalue weighted by molar-refractivity contribution is -0.144. The fraction of sp³-hybridized carbons (Fsp3) is 0.800. The van der Waals surface area contributed by atoms with Crippen LogP contribution in [0.2, 0.25) is 0 Å². The van der Waals surface area contributed by atoms with Gasteiger partial charge in [0.15, 0.2) is 0 Å². The van der Waals surface area contributed by atoms with Crippen molar-refractivity contribution in [2.75, 3.05) is 19.6 Å². The highest BCUT2D eigenvalue weighted by Gasteiger charge is 2.15. The van der Waals surface area contributed by atoms with Gasteiger partial charge in [-0.1, -0.05) is 20.8 Å². The van der Waals surface area contributed by atoms with Crippen molar-refractivity contribution in [2.24, 2.45) is 0 Å². The van der Waals surface area contributed by atoms with Gasteiger partial charge >= 0.3 is 5.97 Å². The molecular weight excluding hydrogens is 196 g/mol. The number of amides is 1. The lowest BCUT2D eigenvalue weighted by atomic mass is 10.3. The molecule has 0 spiro atoms. The molecule has 15 heavy (non-hydrogen) atoms. The maximum atomic E-state index is 11.6. The molecule has 0 aromatic carbocycles. The smallest absolute Gasteiger partial charge is 0.323 e. The van der Waals surface area contributed by atoms with Gasteiger partial charge in [-0.05, 0) is 6.42 Å². The van der Waals surface area contributed by atoms with Crippen LogP contribution in [0, 0.1) is 0 Å². The molecule has 1 amide bonds. The molecule has 0 aliphatic heterocycles. The first kappa shape index (κ1) is 13.9. The number of carbonyl (C=O) groups excluding carboxylic acids is 1. The highest BCUT2D eigenvalue weighted by atomic mass is 16.4. The van der Waals surface area contributed by atoms with Gasteiger partial charge in [0, 0.05) is 12.6 Å². The van der Waals surface area contributed by atoms with E-state index in [0.717, 1.165) is 6.42 Å². The molecule has 5 heteroatoms. The maximum absolute atomic E-state index is 11.6. The van der Waals surface area contributed by atoms with E-state index in [1.54, 1.807) is 0 Å². The van der Waals surface area contributed by atoms with Gasteiger partial charge in [-0.25, -0.2) is 0 Å². The van der Waals surface area contributed by atoms with Crippen molar-refractivity contribution in [3.63, 3.8) is 0 Å². The van der Waals surface area contributed by atoms with Gasteiger partial charge in [0.2, 0.25) is 5.91 Å². The lowest BCUT2D eigenvalue weighted by Crippen LogP contribution is -2.42. The van der Waals surface area contributed by atoms with Crippen molar-refractivity contribution >= 4 is 11.9 Å². The fourth-order valence-electron chi connectivity index (χ4n) is 1.13. The molecule has 0 saturated carbocycles. The highest BCUT2D eigenvalue weighted by Crippen LogP contribution is 1.93. The van der Waals surface area contributed by atoms with E-state index in [1.807, 2.05) is 20.8 Å². The molecule has 0 aliphatic carbocycles. The molecule has 0 heterocycles. The van der Waals surface area contributed by atoms with Gasteiger partial charge < -0.3 is 15.3 Å². The Morgan fingerprint density at radius 2 is 2.00 bits per heavy atom. The number of hydrogen-bond donors (Lipinski definition) is 2. The van der Waals surface area contributed by atoms with Crippen LogP contribution in [0.25, 0.3) is 0 Å². The Labute approximate surface area is 90.5 Å². The molecule has 0 fully saturated rings. The Balaban J connectivity index is 4.09. The minimum absolute atomic E-state index is 0.159. The molecule has 5 nitrogen and oxygen atoms in total. The van der Waals surface area contributed by atoms with E-state index < -0.39 is 5.97 Å². The third kappa shape index (κ3) is 6.90. The molecule has 0 rings (SSSR count). The minimum atomic E-state index is -0.971. The van der Waals surface area contributed by atoms with Crippen molar-refractivity contribution in [1.82, 2.24) is 10.2 Å². The van der Waals surface area contributed by atoms with E-state index in [4.69, 9.17) is 5.11 Å². The first-order valence-electron chi connectivity index (χ1n) is 5.20. The largest absolute Gasteiger partial charge is 0.480 e. The number of carboxylic acids is 1. The molecular formula is C10H20N2O3. The predicted molar refractivity (Wildman–Crippen MR) is 57.6 cm³/mol. The third-order valence-corrected chi connectivity index (χ3v) is 1.83. The number of nitrogens with one attached hydrogen (secondary N) is 1. The topological polar surface area (TPSA) is 69.6 Å². The van der Waals surface area contributed by atoms with Crippen molar-refractivity contribution in [1.29, 1.82) is 0 Å². The predicted octanol–water partition coefficient (Wildman–Crippen LogP) is 0.308. The molecule has 0 aromatic rings. The molecule has 0 aliphatic rings. The molecule has 0 aromatic heterocycles. The van der Waals surface area contributed by atoms with Crippen LogP contribution in [-0.4, -0.2) is 47.6 Å². The highest BCUT2D eigenvalue weighted by molar-refractivity contribution is 5.82. The number of carbonyl (C=O) groups is 2. The second kappa shape index (κ2) is 7.23. The van der Waals surface area contributed by atoms with E-state index in [2.05, 4.69) is 5.32 Å². The first-order chi connectivity index (χ1) is 6.97. The number of nitrogens with zero attached hydrogens (tertiary/aromatic N) is 1. The second-order valence-electron chi connectivity index (χ2n) is 3.74. The summed E-state index contributed by atoms with van der Waals surface area (Å²) in [7, 11) is 0. The number of aliphatic carboxylic acids is 1. The Hall–Kier alpha value is -1.10. The Morgan fingerprint density at radius 3 is 2.40 bits per heavy atom. The normalized spacial score (nSPS) is 10.4. The lowest BCUT2D eigenvalue weighted by Gasteiger charge is -2.20. The monoisotopic (exact) mass is 216 g/mol. The molecule has 0 atom stereocenters. The summed E-state index contributed by atoms with van der Waals surface area (Å²) in [4.78, 5) is 23.4. The molecule has 0 unspecified atom stereocenters. The SMILES string of the molecule is CCCN(CC(=O)O)C(=O)CNC(C)C. The number of carboxylic acid groups (broad SMARTS) is 1. The summed E-state index contributed by atoms with van der Waals surface area (Å²) in [6.07, 6.45) is 0.765. The van der Waals surface area contributed by atoms with E-state index in [9.17, 15) is 9.59 Å². The van der Waals surface area contributed by atoms with E-state index in [-0.39, 0.29) is 25.0 Å². The average molecular weight is 216 g/mol. The molecule has 0 radical (unpaired) electrons. The quantitative estimate of drug-likeness (QED) is 0.642. The fourth-order valence-corrected chi connectivity index (χ4v) is 1.13. The van der Waals surface area contributed by atoms with Gasteiger partial charge in [-0.2, -0.15) is 0 Å². The summed E-state index contributed by atoms with van der Waals surface area (Å²) in [5, 5.41) is 11.6. The summed E-state index contributed by atoms with van der Waals surface area (Å²) in [6, 6.07) is 0.224. The molecule has 0 saturated heterocycles. The maximum Gasteiger partial charge on any atom is 0.323 e. The zero-order chi connectivity index (χ0) is 11.8. The van der Waals surface area contributed by atoms with Gasteiger partial charge in [0.1, 0.15) is 6.54 Å². The average Bonchev–Trinajstić information content (AvgIpc) is 2.12. The van der Waals surface area contributed by atoms with Gasteiger partial charge in [0.05, 0.1) is 6.54 Å². The minimum Gasteiger partial charge on any atom is -0.480 e. The molecule has 88 valence electrons. The first-order valence-corrected chi connectivity index (χ1v) is 5.20. The van der Waals surface area contributed by atoms with Crippen LogP contribution in [0.1, 0.15) is 27.2 Å². The van der Waals surface area contributed by atoms with Crippen LogP contribution in [0.4, 0.5) is 0 Å². The summed E-state index contributed by atoms with van der Waals surface area (Å²) >= 11 is 0. The summed E-state index contributed by atoms with van der Waals surface area (Å²) in [6.45, 7) is 6.27. The molecule has 2 N–H and O–H groups in total. The third-order valence-electron chi connectivity index (χ3n) is 1.83. The van der Waals surface area contributed by atoms with Gasteiger partial charge in [-0.15, -0.1) is 0 Å².